The molecule has 0 aromatic carbocycles. The van der Waals surface area contributed by atoms with Gasteiger partial charge >= 0.3 is 0 Å². The van der Waals surface area contributed by atoms with E-state index in [0.29, 0.717) is 19.5 Å². The maximum Gasteiger partial charge on any atom is 0.152 e. The van der Waals surface area contributed by atoms with Gasteiger partial charge in [0, 0.05) is 32.0 Å². The SMILES string of the molecule is COC(C)CN(C)C1(CN)CCCC1S(C)(=O)=O. The van der Waals surface area contributed by atoms with Gasteiger partial charge in [0.15, 0.2) is 9.84 Å². The zero-order valence-corrected chi connectivity index (χ0v) is 12.7. The molecule has 1 aliphatic carbocycles. The fraction of sp³-hybridized carbons (Fsp3) is 1.00. The Morgan fingerprint density at radius 1 is 1.56 bits per heavy atom. The van der Waals surface area contributed by atoms with Crippen molar-refractivity contribution in [2.75, 3.05) is 33.5 Å². The number of hydrogen-bond donors (Lipinski definition) is 1. The molecule has 0 aliphatic heterocycles. The third-order valence-electron chi connectivity index (χ3n) is 4.24. The molecule has 5 nitrogen and oxygen atoms in total. The lowest BCUT2D eigenvalue weighted by Crippen LogP contribution is -2.60. The minimum absolute atomic E-state index is 0.0687. The summed E-state index contributed by atoms with van der Waals surface area (Å²) in [5.74, 6) is 0. The van der Waals surface area contributed by atoms with E-state index in [2.05, 4.69) is 4.90 Å². The van der Waals surface area contributed by atoms with E-state index in [1.165, 1.54) is 6.26 Å². The molecule has 0 aromatic heterocycles. The highest BCUT2D eigenvalue weighted by Crippen LogP contribution is 2.38. The molecule has 1 aliphatic rings. The van der Waals surface area contributed by atoms with Crippen molar-refractivity contribution in [3.05, 3.63) is 0 Å². The van der Waals surface area contributed by atoms with Gasteiger partial charge in [-0.25, -0.2) is 8.42 Å². The molecule has 0 aromatic rings. The molecular weight excluding hydrogens is 252 g/mol. The first-order chi connectivity index (χ1) is 8.28. The lowest BCUT2D eigenvalue weighted by Gasteiger charge is -2.42. The Hall–Kier alpha value is -0.170. The first kappa shape index (κ1) is 15.9. The van der Waals surface area contributed by atoms with Gasteiger partial charge in [-0.1, -0.05) is 6.42 Å². The summed E-state index contributed by atoms with van der Waals surface area (Å²) < 4.78 is 29.2. The van der Waals surface area contributed by atoms with Crippen LogP contribution in [0.4, 0.5) is 0 Å². The quantitative estimate of drug-likeness (QED) is 0.754. The Labute approximate surface area is 111 Å². The molecule has 0 heterocycles. The van der Waals surface area contributed by atoms with Crippen molar-refractivity contribution >= 4 is 9.84 Å². The van der Waals surface area contributed by atoms with Crippen LogP contribution in [0.25, 0.3) is 0 Å². The summed E-state index contributed by atoms with van der Waals surface area (Å²) in [5.41, 5.74) is 5.50. The van der Waals surface area contributed by atoms with E-state index < -0.39 is 15.4 Å². The number of rotatable bonds is 6. The zero-order valence-electron chi connectivity index (χ0n) is 11.8. The smallest absolute Gasteiger partial charge is 0.152 e. The van der Waals surface area contributed by atoms with Gasteiger partial charge in [0.25, 0.3) is 0 Å². The summed E-state index contributed by atoms with van der Waals surface area (Å²) in [6.45, 7) is 3.04. The first-order valence-electron chi connectivity index (χ1n) is 6.41. The molecule has 1 rings (SSSR count). The number of nitrogens with two attached hydrogens (primary N) is 1. The zero-order chi connectivity index (χ0) is 14.0. The van der Waals surface area contributed by atoms with Crippen molar-refractivity contribution in [1.82, 2.24) is 4.90 Å². The van der Waals surface area contributed by atoms with Gasteiger partial charge in [0.1, 0.15) is 0 Å². The summed E-state index contributed by atoms with van der Waals surface area (Å²) in [6, 6.07) is 0. The number of nitrogens with zero attached hydrogens (tertiary/aromatic N) is 1. The van der Waals surface area contributed by atoms with Gasteiger partial charge in [-0.05, 0) is 26.8 Å². The maximum absolute atomic E-state index is 12.0. The molecule has 0 saturated heterocycles. The molecule has 18 heavy (non-hydrogen) atoms. The molecule has 0 spiro atoms. The minimum atomic E-state index is -3.07. The van der Waals surface area contributed by atoms with Crippen LogP contribution in [-0.2, 0) is 14.6 Å². The van der Waals surface area contributed by atoms with Crippen LogP contribution in [0.2, 0.25) is 0 Å². The molecule has 1 saturated carbocycles. The van der Waals surface area contributed by atoms with E-state index >= 15 is 0 Å². The molecule has 0 radical (unpaired) electrons. The summed E-state index contributed by atoms with van der Waals surface area (Å²) in [6.07, 6.45) is 3.86. The Morgan fingerprint density at radius 3 is 2.61 bits per heavy atom. The van der Waals surface area contributed by atoms with Crippen LogP contribution >= 0.6 is 0 Å². The van der Waals surface area contributed by atoms with E-state index in [-0.39, 0.29) is 11.4 Å². The Morgan fingerprint density at radius 2 is 2.17 bits per heavy atom. The van der Waals surface area contributed by atoms with Gasteiger partial charge in [0.2, 0.25) is 0 Å². The molecular formula is C12H26N2O3S. The molecule has 108 valence electrons. The van der Waals surface area contributed by atoms with Gasteiger partial charge in [-0.3, -0.25) is 4.90 Å². The third kappa shape index (κ3) is 3.04. The fourth-order valence-corrected chi connectivity index (χ4v) is 4.89. The van der Waals surface area contributed by atoms with Gasteiger partial charge < -0.3 is 10.5 Å². The maximum atomic E-state index is 12.0. The predicted octanol–water partition coefficient (Wildman–Crippen LogP) is 0.248. The Kier molecular flexibility index (Phi) is 5.17. The first-order valence-corrected chi connectivity index (χ1v) is 8.36. The number of hydrogen-bond acceptors (Lipinski definition) is 5. The Balaban J connectivity index is 2.97. The molecule has 2 N–H and O–H groups in total. The molecule has 0 bridgehead atoms. The number of methoxy groups -OCH3 is 1. The second kappa shape index (κ2) is 5.86. The van der Waals surface area contributed by atoms with Crippen molar-refractivity contribution in [1.29, 1.82) is 0 Å². The highest BCUT2D eigenvalue weighted by atomic mass is 32.2. The predicted molar refractivity (Wildman–Crippen MR) is 73.4 cm³/mol. The van der Waals surface area contributed by atoms with Gasteiger partial charge in [-0.2, -0.15) is 0 Å². The Bertz CT molecular complexity index is 372. The molecule has 6 heteroatoms. The highest BCUT2D eigenvalue weighted by molar-refractivity contribution is 7.91. The molecule has 3 atom stereocenters. The lowest BCUT2D eigenvalue weighted by atomic mass is 9.95. The topological polar surface area (TPSA) is 72.6 Å². The minimum Gasteiger partial charge on any atom is -0.380 e. The lowest BCUT2D eigenvalue weighted by molar-refractivity contribution is 0.0420. The van der Waals surface area contributed by atoms with Crippen LogP contribution in [0.5, 0.6) is 0 Å². The van der Waals surface area contributed by atoms with Crippen LogP contribution < -0.4 is 5.73 Å². The van der Waals surface area contributed by atoms with Crippen LogP contribution in [0.1, 0.15) is 26.2 Å². The van der Waals surface area contributed by atoms with Crippen LogP contribution in [0.15, 0.2) is 0 Å². The second-order valence-electron chi connectivity index (χ2n) is 5.44. The van der Waals surface area contributed by atoms with E-state index in [1.54, 1.807) is 7.11 Å². The normalized spacial score (nSPS) is 30.9. The van der Waals surface area contributed by atoms with Crippen molar-refractivity contribution in [3.63, 3.8) is 0 Å². The number of sulfone groups is 1. The molecule has 3 unspecified atom stereocenters. The fourth-order valence-electron chi connectivity index (χ4n) is 3.10. The number of ether oxygens (including phenoxy) is 1. The van der Waals surface area contributed by atoms with Crippen molar-refractivity contribution in [2.45, 2.75) is 43.1 Å². The average molecular weight is 278 g/mol. The van der Waals surface area contributed by atoms with E-state index in [9.17, 15) is 8.42 Å². The van der Waals surface area contributed by atoms with E-state index in [1.807, 2.05) is 14.0 Å². The monoisotopic (exact) mass is 278 g/mol. The summed E-state index contributed by atoms with van der Waals surface area (Å²) in [5, 5.41) is -0.357. The van der Waals surface area contributed by atoms with E-state index in [4.69, 9.17) is 10.5 Å². The average Bonchev–Trinajstić information content (AvgIpc) is 2.73. The van der Waals surface area contributed by atoms with Crippen molar-refractivity contribution in [3.8, 4) is 0 Å². The molecule has 0 amide bonds. The second-order valence-corrected chi connectivity index (χ2v) is 7.67. The summed E-state index contributed by atoms with van der Waals surface area (Å²) >= 11 is 0. The van der Waals surface area contributed by atoms with Gasteiger partial charge in [-0.15, -0.1) is 0 Å². The summed E-state index contributed by atoms with van der Waals surface area (Å²) in [7, 11) is 0.541. The standard InChI is InChI=1S/C12H26N2O3S/c1-10(17-3)8-14(2)12(9-13)7-5-6-11(12)18(4,15)16/h10-11H,5-9,13H2,1-4H3. The van der Waals surface area contributed by atoms with E-state index in [0.717, 1.165) is 12.8 Å². The summed E-state index contributed by atoms with van der Waals surface area (Å²) in [4.78, 5) is 2.08. The molecule has 1 fully saturated rings. The third-order valence-corrected chi connectivity index (χ3v) is 5.95. The van der Waals surface area contributed by atoms with Crippen LogP contribution in [0, 0.1) is 0 Å². The number of likely N-dealkylation sites (N-methyl/N-ethyl adjacent to an activating group) is 1. The largest absolute Gasteiger partial charge is 0.380 e. The van der Waals surface area contributed by atoms with Crippen molar-refractivity contribution in [2.24, 2.45) is 5.73 Å². The van der Waals surface area contributed by atoms with Crippen LogP contribution in [0.3, 0.4) is 0 Å². The highest BCUT2D eigenvalue weighted by Gasteiger charge is 2.49. The van der Waals surface area contributed by atoms with Crippen LogP contribution in [-0.4, -0.2) is 63.7 Å². The van der Waals surface area contributed by atoms with Gasteiger partial charge in [0.05, 0.1) is 11.4 Å². The van der Waals surface area contributed by atoms with Crippen molar-refractivity contribution < 1.29 is 13.2 Å².